The second-order valence-electron chi connectivity index (χ2n) is 4.87. The van der Waals surface area contributed by atoms with E-state index < -0.39 is 0 Å². The Morgan fingerprint density at radius 2 is 2.26 bits per heavy atom. The van der Waals surface area contributed by atoms with Crippen molar-refractivity contribution in [3.63, 3.8) is 0 Å². The summed E-state index contributed by atoms with van der Waals surface area (Å²) in [5, 5.41) is 7.36. The van der Waals surface area contributed by atoms with Gasteiger partial charge < -0.3 is 14.6 Å². The summed E-state index contributed by atoms with van der Waals surface area (Å²) in [6.45, 7) is 2.65. The van der Waals surface area contributed by atoms with Gasteiger partial charge in [-0.25, -0.2) is 0 Å². The Labute approximate surface area is 112 Å². The first-order valence-corrected chi connectivity index (χ1v) is 6.47. The summed E-state index contributed by atoms with van der Waals surface area (Å²) in [5.74, 6) is 1.96. The Bertz CT molecular complexity index is 576. The average molecular weight is 259 g/mol. The molecule has 0 spiro atoms. The van der Waals surface area contributed by atoms with Crippen LogP contribution in [0.15, 0.2) is 22.7 Å². The van der Waals surface area contributed by atoms with Gasteiger partial charge in [-0.1, -0.05) is 11.2 Å². The van der Waals surface area contributed by atoms with Crippen molar-refractivity contribution in [2.24, 2.45) is 0 Å². The number of methoxy groups -OCH3 is 1. The van der Waals surface area contributed by atoms with E-state index >= 15 is 0 Å². The van der Waals surface area contributed by atoms with Crippen LogP contribution in [0.1, 0.15) is 24.3 Å². The van der Waals surface area contributed by atoms with E-state index in [0.717, 1.165) is 16.9 Å². The Morgan fingerprint density at radius 1 is 1.42 bits per heavy atom. The van der Waals surface area contributed by atoms with Crippen molar-refractivity contribution in [1.29, 1.82) is 0 Å². The average Bonchev–Trinajstić information content (AvgIpc) is 3.14. The Balaban J connectivity index is 1.80. The van der Waals surface area contributed by atoms with E-state index in [1.165, 1.54) is 12.8 Å². The molecule has 3 rings (SSSR count). The highest BCUT2D eigenvalue weighted by Crippen LogP contribution is 2.28. The van der Waals surface area contributed by atoms with Gasteiger partial charge in [0.1, 0.15) is 5.75 Å². The molecule has 0 amide bonds. The largest absolute Gasteiger partial charge is 0.496 e. The molecule has 0 radical (unpaired) electrons. The van der Waals surface area contributed by atoms with E-state index in [1.54, 1.807) is 7.11 Å². The van der Waals surface area contributed by atoms with Crippen LogP contribution in [0.5, 0.6) is 5.75 Å². The topological polar surface area (TPSA) is 60.2 Å². The fourth-order valence-corrected chi connectivity index (χ4v) is 1.94. The minimum atomic E-state index is 0.574. The Hall–Kier alpha value is -1.88. The summed E-state index contributed by atoms with van der Waals surface area (Å²) in [4.78, 5) is 4.40. The van der Waals surface area contributed by atoms with Crippen molar-refractivity contribution in [1.82, 2.24) is 15.5 Å². The van der Waals surface area contributed by atoms with Gasteiger partial charge in [0.2, 0.25) is 11.7 Å². The first kappa shape index (κ1) is 12.2. The van der Waals surface area contributed by atoms with Gasteiger partial charge in [-0.2, -0.15) is 4.98 Å². The number of ether oxygens (including phenoxy) is 1. The molecular formula is C14H17N3O2. The number of rotatable bonds is 5. The van der Waals surface area contributed by atoms with E-state index in [1.807, 2.05) is 25.1 Å². The summed E-state index contributed by atoms with van der Waals surface area (Å²) < 4.78 is 10.6. The summed E-state index contributed by atoms with van der Waals surface area (Å²) in [6, 6.07) is 6.56. The molecule has 5 heteroatoms. The van der Waals surface area contributed by atoms with Crippen LogP contribution in [0.25, 0.3) is 11.4 Å². The highest BCUT2D eigenvalue weighted by Gasteiger charge is 2.21. The molecule has 0 aliphatic heterocycles. The van der Waals surface area contributed by atoms with Crippen LogP contribution in [-0.2, 0) is 6.54 Å². The maximum Gasteiger partial charge on any atom is 0.240 e. The molecular weight excluding hydrogens is 242 g/mol. The zero-order valence-electron chi connectivity index (χ0n) is 11.1. The molecule has 1 N–H and O–H groups in total. The van der Waals surface area contributed by atoms with Gasteiger partial charge in [-0.15, -0.1) is 0 Å². The first-order valence-electron chi connectivity index (χ1n) is 6.47. The molecule has 100 valence electrons. The molecule has 0 saturated heterocycles. The lowest BCUT2D eigenvalue weighted by Gasteiger charge is -2.05. The minimum absolute atomic E-state index is 0.574. The van der Waals surface area contributed by atoms with Crippen molar-refractivity contribution >= 4 is 0 Å². The van der Waals surface area contributed by atoms with Gasteiger partial charge in [0.15, 0.2) is 0 Å². The number of nitrogens with zero attached hydrogens (tertiary/aromatic N) is 2. The third-order valence-electron chi connectivity index (χ3n) is 3.19. The predicted octanol–water partition coefficient (Wildman–Crippen LogP) is 2.31. The van der Waals surface area contributed by atoms with Gasteiger partial charge in [-0.05, 0) is 37.5 Å². The zero-order valence-corrected chi connectivity index (χ0v) is 11.1. The van der Waals surface area contributed by atoms with Crippen LogP contribution < -0.4 is 10.1 Å². The van der Waals surface area contributed by atoms with Crippen molar-refractivity contribution in [2.75, 3.05) is 7.11 Å². The van der Waals surface area contributed by atoms with Crippen LogP contribution in [0.2, 0.25) is 0 Å². The van der Waals surface area contributed by atoms with Crippen LogP contribution in [0.4, 0.5) is 0 Å². The number of nitrogens with one attached hydrogen (secondary N) is 1. The number of hydrogen-bond donors (Lipinski definition) is 1. The SMILES string of the molecule is COc1cc(C)ccc1-c1noc(CNC2CC2)n1. The molecule has 1 heterocycles. The number of aryl methyl sites for hydroxylation is 1. The first-order chi connectivity index (χ1) is 9.26. The lowest BCUT2D eigenvalue weighted by molar-refractivity contribution is 0.367. The van der Waals surface area contributed by atoms with Crippen LogP contribution in [-0.4, -0.2) is 23.3 Å². The van der Waals surface area contributed by atoms with Crippen molar-refractivity contribution < 1.29 is 9.26 Å². The third kappa shape index (κ3) is 2.76. The zero-order chi connectivity index (χ0) is 13.2. The second-order valence-corrected chi connectivity index (χ2v) is 4.87. The standard InChI is InChI=1S/C14H17N3O2/c1-9-3-6-11(12(7-9)18-2)14-16-13(19-17-14)8-15-10-4-5-10/h3,6-7,10,15H,4-5,8H2,1-2H3. The molecule has 0 atom stereocenters. The third-order valence-corrected chi connectivity index (χ3v) is 3.19. The molecule has 1 aliphatic rings. The molecule has 5 nitrogen and oxygen atoms in total. The predicted molar refractivity (Wildman–Crippen MR) is 70.9 cm³/mol. The molecule has 1 saturated carbocycles. The van der Waals surface area contributed by atoms with E-state index in [-0.39, 0.29) is 0 Å². The van der Waals surface area contributed by atoms with Crippen LogP contribution in [0.3, 0.4) is 0 Å². The van der Waals surface area contributed by atoms with E-state index in [0.29, 0.717) is 24.3 Å². The summed E-state index contributed by atoms with van der Waals surface area (Å²) in [7, 11) is 1.65. The molecule has 1 aromatic carbocycles. The van der Waals surface area contributed by atoms with E-state index in [2.05, 4.69) is 15.5 Å². The number of aromatic nitrogens is 2. The molecule has 0 unspecified atom stereocenters. The Kier molecular flexibility index (Phi) is 3.21. The molecule has 2 aromatic rings. The highest BCUT2D eigenvalue weighted by molar-refractivity contribution is 5.64. The highest BCUT2D eigenvalue weighted by atomic mass is 16.5. The van der Waals surface area contributed by atoms with E-state index in [9.17, 15) is 0 Å². The monoisotopic (exact) mass is 259 g/mol. The molecule has 19 heavy (non-hydrogen) atoms. The van der Waals surface area contributed by atoms with Crippen molar-refractivity contribution in [3.05, 3.63) is 29.7 Å². The lowest BCUT2D eigenvalue weighted by atomic mass is 10.1. The summed E-state index contributed by atoms with van der Waals surface area (Å²) in [6.07, 6.45) is 2.49. The summed E-state index contributed by atoms with van der Waals surface area (Å²) >= 11 is 0. The molecule has 0 bridgehead atoms. The van der Waals surface area contributed by atoms with E-state index in [4.69, 9.17) is 9.26 Å². The van der Waals surface area contributed by atoms with Gasteiger partial charge in [-0.3, -0.25) is 0 Å². The fourth-order valence-electron chi connectivity index (χ4n) is 1.94. The number of benzene rings is 1. The van der Waals surface area contributed by atoms with Crippen molar-refractivity contribution in [3.8, 4) is 17.1 Å². The normalized spacial score (nSPS) is 14.6. The molecule has 1 fully saturated rings. The maximum atomic E-state index is 5.36. The Morgan fingerprint density at radius 3 is 3.00 bits per heavy atom. The van der Waals surface area contributed by atoms with Crippen molar-refractivity contribution in [2.45, 2.75) is 32.4 Å². The quantitative estimate of drug-likeness (QED) is 0.892. The fraction of sp³-hybridized carbons (Fsp3) is 0.429. The molecule has 1 aromatic heterocycles. The van der Waals surface area contributed by atoms with Crippen LogP contribution >= 0.6 is 0 Å². The second kappa shape index (κ2) is 5.01. The molecule has 1 aliphatic carbocycles. The smallest absolute Gasteiger partial charge is 0.240 e. The van der Waals surface area contributed by atoms with Gasteiger partial charge in [0.25, 0.3) is 0 Å². The van der Waals surface area contributed by atoms with Crippen LogP contribution in [0, 0.1) is 6.92 Å². The summed E-state index contributed by atoms with van der Waals surface area (Å²) in [5.41, 5.74) is 1.99. The van der Waals surface area contributed by atoms with Gasteiger partial charge in [0.05, 0.1) is 19.2 Å². The number of hydrogen-bond acceptors (Lipinski definition) is 5. The van der Waals surface area contributed by atoms with Gasteiger partial charge >= 0.3 is 0 Å². The lowest BCUT2D eigenvalue weighted by Crippen LogP contribution is -2.15. The minimum Gasteiger partial charge on any atom is -0.496 e. The maximum absolute atomic E-state index is 5.36. The van der Waals surface area contributed by atoms with Gasteiger partial charge in [0, 0.05) is 6.04 Å².